The van der Waals surface area contributed by atoms with Gasteiger partial charge in [0.05, 0.1) is 0 Å². The van der Waals surface area contributed by atoms with Crippen molar-refractivity contribution in [2.75, 3.05) is 10.6 Å². The van der Waals surface area contributed by atoms with E-state index < -0.39 is 6.10 Å². The SMILES string of the molecule is CCc1ccc(O[C@@H](C)C(=O)Nc2ccc(Nc3ccccc3)cc2)cc1. The second kappa shape index (κ2) is 8.90. The van der Waals surface area contributed by atoms with Crippen molar-refractivity contribution in [3.63, 3.8) is 0 Å². The molecule has 3 aromatic carbocycles. The average Bonchev–Trinajstić information content (AvgIpc) is 2.71. The van der Waals surface area contributed by atoms with E-state index in [1.807, 2.05) is 78.9 Å². The molecule has 0 unspecified atom stereocenters. The van der Waals surface area contributed by atoms with Crippen LogP contribution in [0.15, 0.2) is 78.9 Å². The van der Waals surface area contributed by atoms with Crippen LogP contribution in [0.25, 0.3) is 0 Å². The molecule has 1 atom stereocenters. The van der Waals surface area contributed by atoms with Crippen LogP contribution in [0.2, 0.25) is 0 Å². The lowest BCUT2D eigenvalue weighted by Gasteiger charge is -2.15. The van der Waals surface area contributed by atoms with Crippen molar-refractivity contribution in [2.24, 2.45) is 0 Å². The van der Waals surface area contributed by atoms with Crippen molar-refractivity contribution in [1.29, 1.82) is 0 Å². The number of para-hydroxylation sites is 1. The highest BCUT2D eigenvalue weighted by molar-refractivity contribution is 5.94. The van der Waals surface area contributed by atoms with Gasteiger partial charge in [0.15, 0.2) is 6.10 Å². The van der Waals surface area contributed by atoms with Gasteiger partial charge in [-0.25, -0.2) is 0 Å². The van der Waals surface area contributed by atoms with Gasteiger partial charge in [-0.2, -0.15) is 0 Å². The molecular weight excluding hydrogens is 336 g/mol. The molecule has 27 heavy (non-hydrogen) atoms. The molecule has 2 N–H and O–H groups in total. The van der Waals surface area contributed by atoms with Crippen molar-refractivity contribution < 1.29 is 9.53 Å². The molecule has 0 saturated carbocycles. The number of benzene rings is 3. The largest absolute Gasteiger partial charge is 0.481 e. The van der Waals surface area contributed by atoms with Gasteiger partial charge < -0.3 is 15.4 Å². The third kappa shape index (κ3) is 5.35. The minimum atomic E-state index is -0.584. The van der Waals surface area contributed by atoms with E-state index in [2.05, 4.69) is 17.6 Å². The summed E-state index contributed by atoms with van der Waals surface area (Å²) in [5.74, 6) is 0.510. The van der Waals surface area contributed by atoms with Crippen LogP contribution in [-0.4, -0.2) is 12.0 Å². The molecular formula is C23H24N2O2. The van der Waals surface area contributed by atoms with Crippen LogP contribution >= 0.6 is 0 Å². The number of hydrogen-bond acceptors (Lipinski definition) is 3. The van der Waals surface area contributed by atoms with Crippen LogP contribution in [0.3, 0.4) is 0 Å². The first kappa shape index (κ1) is 18.5. The van der Waals surface area contributed by atoms with E-state index in [-0.39, 0.29) is 5.91 Å². The molecule has 0 heterocycles. The first-order valence-electron chi connectivity index (χ1n) is 9.12. The molecule has 1 amide bonds. The molecule has 3 aromatic rings. The van der Waals surface area contributed by atoms with Gasteiger partial charge >= 0.3 is 0 Å². The molecule has 4 heteroatoms. The lowest BCUT2D eigenvalue weighted by molar-refractivity contribution is -0.122. The number of carbonyl (C=O) groups excluding carboxylic acids is 1. The molecule has 0 aliphatic rings. The third-order valence-corrected chi connectivity index (χ3v) is 4.23. The first-order chi connectivity index (χ1) is 13.1. The van der Waals surface area contributed by atoms with E-state index in [9.17, 15) is 4.79 Å². The monoisotopic (exact) mass is 360 g/mol. The second-order valence-electron chi connectivity index (χ2n) is 6.32. The molecule has 0 aliphatic carbocycles. The summed E-state index contributed by atoms with van der Waals surface area (Å²) in [4.78, 5) is 12.4. The fraction of sp³-hybridized carbons (Fsp3) is 0.174. The molecule has 3 rings (SSSR count). The number of ether oxygens (including phenoxy) is 1. The normalized spacial score (nSPS) is 11.5. The van der Waals surface area contributed by atoms with Gasteiger partial charge in [-0.3, -0.25) is 4.79 Å². The predicted octanol–water partition coefficient (Wildman–Crippen LogP) is 5.40. The van der Waals surface area contributed by atoms with Gasteiger partial charge in [0, 0.05) is 17.1 Å². The molecule has 4 nitrogen and oxygen atoms in total. The third-order valence-electron chi connectivity index (χ3n) is 4.23. The van der Waals surface area contributed by atoms with Crippen molar-refractivity contribution in [1.82, 2.24) is 0 Å². The Morgan fingerprint density at radius 3 is 2.07 bits per heavy atom. The zero-order valence-corrected chi connectivity index (χ0v) is 15.6. The molecule has 0 radical (unpaired) electrons. The highest BCUT2D eigenvalue weighted by Gasteiger charge is 2.14. The van der Waals surface area contributed by atoms with Crippen LogP contribution < -0.4 is 15.4 Å². The number of nitrogens with one attached hydrogen (secondary N) is 2. The van der Waals surface area contributed by atoms with Crippen LogP contribution in [0.1, 0.15) is 19.4 Å². The van der Waals surface area contributed by atoms with Gasteiger partial charge in [0.25, 0.3) is 5.91 Å². The Morgan fingerprint density at radius 1 is 0.852 bits per heavy atom. The minimum absolute atomic E-state index is 0.182. The van der Waals surface area contributed by atoms with Gasteiger partial charge in [0.2, 0.25) is 0 Å². The molecule has 0 aromatic heterocycles. The van der Waals surface area contributed by atoms with Crippen LogP contribution in [0, 0.1) is 0 Å². The summed E-state index contributed by atoms with van der Waals surface area (Å²) in [6.45, 7) is 3.85. The lowest BCUT2D eigenvalue weighted by Crippen LogP contribution is -2.30. The number of amides is 1. The van der Waals surface area contributed by atoms with E-state index >= 15 is 0 Å². The Labute approximate surface area is 160 Å². The van der Waals surface area contributed by atoms with Crippen molar-refractivity contribution in [3.05, 3.63) is 84.4 Å². The quantitative estimate of drug-likeness (QED) is 0.593. The summed E-state index contributed by atoms with van der Waals surface area (Å²) in [7, 11) is 0. The maximum absolute atomic E-state index is 12.4. The minimum Gasteiger partial charge on any atom is -0.481 e. The summed E-state index contributed by atoms with van der Waals surface area (Å²) in [5.41, 5.74) is 3.95. The maximum Gasteiger partial charge on any atom is 0.265 e. The Hall–Kier alpha value is -3.27. The number of hydrogen-bond donors (Lipinski definition) is 2. The van der Waals surface area contributed by atoms with E-state index in [1.165, 1.54) is 5.56 Å². The molecule has 0 spiro atoms. The lowest BCUT2D eigenvalue weighted by atomic mass is 10.2. The Balaban J connectivity index is 1.54. The second-order valence-corrected chi connectivity index (χ2v) is 6.32. The van der Waals surface area contributed by atoms with E-state index in [0.29, 0.717) is 5.75 Å². The van der Waals surface area contributed by atoms with Crippen molar-refractivity contribution >= 4 is 23.0 Å². The number of rotatable bonds is 7. The summed E-state index contributed by atoms with van der Waals surface area (Å²) < 4.78 is 5.73. The Morgan fingerprint density at radius 2 is 1.44 bits per heavy atom. The van der Waals surface area contributed by atoms with Gasteiger partial charge in [-0.1, -0.05) is 37.3 Å². The van der Waals surface area contributed by atoms with Gasteiger partial charge in [-0.15, -0.1) is 0 Å². The number of carbonyl (C=O) groups is 1. The highest BCUT2D eigenvalue weighted by Crippen LogP contribution is 2.19. The summed E-state index contributed by atoms with van der Waals surface area (Å²) in [6, 6.07) is 25.3. The first-order valence-corrected chi connectivity index (χ1v) is 9.12. The van der Waals surface area contributed by atoms with E-state index in [1.54, 1.807) is 6.92 Å². The van der Waals surface area contributed by atoms with Crippen molar-refractivity contribution in [2.45, 2.75) is 26.4 Å². The Kier molecular flexibility index (Phi) is 6.10. The Bertz CT molecular complexity index is 859. The molecule has 138 valence electrons. The average molecular weight is 360 g/mol. The van der Waals surface area contributed by atoms with Gasteiger partial charge in [0.1, 0.15) is 5.75 Å². The molecule has 0 bridgehead atoms. The molecule has 0 fully saturated rings. The smallest absolute Gasteiger partial charge is 0.265 e. The number of anilines is 3. The van der Waals surface area contributed by atoms with Gasteiger partial charge in [-0.05, 0) is 67.4 Å². The zero-order valence-electron chi connectivity index (χ0n) is 15.6. The predicted molar refractivity (Wildman–Crippen MR) is 111 cm³/mol. The summed E-state index contributed by atoms with van der Waals surface area (Å²) >= 11 is 0. The fourth-order valence-electron chi connectivity index (χ4n) is 2.63. The topological polar surface area (TPSA) is 50.4 Å². The zero-order chi connectivity index (χ0) is 19.1. The molecule has 0 aliphatic heterocycles. The van der Waals surface area contributed by atoms with Crippen LogP contribution in [0.5, 0.6) is 5.75 Å². The standard InChI is InChI=1S/C23H24N2O2/c1-3-18-9-15-22(16-10-18)27-17(2)23(26)25-21-13-11-20(12-14-21)24-19-7-5-4-6-8-19/h4-17,24H,3H2,1-2H3,(H,25,26)/t17-/m0/s1. The highest BCUT2D eigenvalue weighted by atomic mass is 16.5. The van der Waals surface area contributed by atoms with E-state index in [0.717, 1.165) is 23.5 Å². The van der Waals surface area contributed by atoms with Crippen molar-refractivity contribution in [3.8, 4) is 5.75 Å². The fourth-order valence-corrected chi connectivity index (χ4v) is 2.63. The molecule has 0 saturated heterocycles. The summed E-state index contributed by atoms with van der Waals surface area (Å²) in [6.07, 6.45) is 0.394. The van der Waals surface area contributed by atoms with Crippen LogP contribution in [0.4, 0.5) is 17.1 Å². The van der Waals surface area contributed by atoms with Crippen LogP contribution in [-0.2, 0) is 11.2 Å². The van der Waals surface area contributed by atoms with E-state index in [4.69, 9.17) is 4.74 Å². The summed E-state index contributed by atoms with van der Waals surface area (Å²) in [5, 5.41) is 6.20. The maximum atomic E-state index is 12.4. The number of aryl methyl sites for hydroxylation is 1.